The zero-order valence-electron chi connectivity index (χ0n) is 19.7. The van der Waals surface area contributed by atoms with Gasteiger partial charge in [-0.2, -0.15) is 15.0 Å². The highest BCUT2D eigenvalue weighted by Gasteiger charge is 2.48. The van der Waals surface area contributed by atoms with Gasteiger partial charge in [-0.1, -0.05) is 16.8 Å². The fourth-order valence-electron chi connectivity index (χ4n) is 4.29. The molecule has 5 heterocycles. The molecule has 2 N–H and O–H groups in total. The van der Waals surface area contributed by atoms with Crippen LogP contribution in [-0.4, -0.2) is 74.9 Å². The number of halogens is 3. The molecular weight excluding hydrogens is 532 g/mol. The van der Waals surface area contributed by atoms with Gasteiger partial charge in [0.15, 0.2) is 11.8 Å². The second-order valence-corrected chi connectivity index (χ2v) is 9.07. The van der Waals surface area contributed by atoms with Crippen LogP contribution in [0.25, 0.3) is 22.6 Å². The van der Waals surface area contributed by atoms with E-state index in [4.69, 9.17) is 39.8 Å². The highest BCUT2D eigenvalue weighted by molar-refractivity contribution is 6.32. The van der Waals surface area contributed by atoms with Gasteiger partial charge in [-0.25, -0.2) is 8.78 Å². The van der Waals surface area contributed by atoms with Crippen LogP contribution in [0.15, 0.2) is 22.7 Å². The molecule has 2 fully saturated rings. The van der Waals surface area contributed by atoms with Gasteiger partial charge >= 0.3 is 0 Å². The molecule has 0 bridgehead atoms. The minimum Gasteiger partial charge on any atom is -0.471 e. The predicted octanol–water partition coefficient (Wildman–Crippen LogP) is 2.57. The van der Waals surface area contributed by atoms with E-state index in [9.17, 15) is 13.9 Å². The lowest BCUT2D eigenvalue weighted by Crippen LogP contribution is -2.34. The Labute approximate surface area is 217 Å². The van der Waals surface area contributed by atoms with E-state index < -0.39 is 42.7 Å². The van der Waals surface area contributed by atoms with Crippen molar-refractivity contribution in [1.29, 1.82) is 0 Å². The van der Waals surface area contributed by atoms with E-state index in [1.165, 1.54) is 13.2 Å². The van der Waals surface area contributed by atoms with Gasteiger partial charge in [-0.15, -0.1) is 0 Å². The maximum Gasteiger partial charge on any atom is 0.296 e. The molecule has 4 aromatic rings. The number of methoxy groups -OCH3 is 1. The second-order valence-electron chi connectivity index (χ2n) is 8.66. The molecule has 1 aromatic carbocycles. The molecule has 200 valence electrons. The standard InChI is InChI=1S/C23H20ClF2N5O7/c1-33-8-17-28-20(31-38-17)9-2-12(25)10(13(26)3-9)5-36-22-11(24)4-14-21(29-22)30-23(27-14)37-16-7-35-18-15(32)6-34-19(16)18/h2-4,15-16,18-19,32H,5-8H2,1H3,(H,27,29,30)/t15-,16-,18?,19?/m1/s1. The molecule has 2 aliphatic rings. The largest absolute Gasteiger partial charge is 0.471 e. The minimum absolute atomic E-state index is 0.0180. The van der Waals surface area contributed by atoms with E-state index in [0.717, 1.165) is 12.1 Å². The molecular formula is C23H20ClF2N5O7. The van der Waals surface area contributed by atoms with Crippen LogP contribution in [0, 0.1) is 11.6 Å². The van der Waals surface area contributed by atoms with Gasteiger partial charge in [0.2, 0.25) is 11.7 Å². The zero-order valence-corrected chi connectivity index (χ0v) is 20.4. The third-order valence-corrected chi connectivity index (χ3v) is 6.38. The van der Waals surface area contributed by atoms with Gasteiger partial charge in [0, 0.05) is 12.7 Å². The number of ether oxygens (including phenoxy) is 5. The first-order valence-electron chi connectivity index (χ1n) is 11.5. The number of aliphatic hydroxyl groups excluding tert-OH is 1. The molecule has 4 atom stereocenters. The van der Waals surface area contributed by atoms with Crippen molar-refractivity contribution in [2.24, 2.45) is 0 Å². The highest BCUT2D eigenvalue weighted by Crippen LogP contribution is 2.32. The van der Waals surface area contributed by atoms with Crippen molar-refractivity contribution in [1.82, 2.24) is 25.1 Å². The van der Waals surface area contributed by atoms with Gasteiger partial charge in [0.05, 0.1) is 24.3 Å². The molecule has 0 spiro atoms. The van der Waals surface area contributed by atoms with Crippen LogP contribution in [-0.2, 0) is 27.4 Å². The number of aliphatic hydroxyl groups is 1. The van der Waals surface area contributed by atoms with Crippen LogP contribution in [0.3, 0.4) is 0 Å². The quantitative estimate of drug-likeness (QED) is 0.333. The van der Waals surface area contributed by atoms with Crippen LogP contribution in [0.4, 0.5) is 8.78 Å². The van der Waals surface area contributed by atoms with Crippen molar-refractivity contribution in [2.45, 2.75) is 37.6 Å². The average Bonchev–Trinajstić information content (AvgIpc) is 3.66. The van der Waals surface area contributed by atoms with E-state index in [1.807, 2.05) is 0 Å². The number of H-pyrrole nitrogens is 1. The summed E-state index contributed by atoms with van der Waals surface area (Å²) >= 11 is 6.28. The summed E-state index contributed by atoms with van der Waals surface area (Å²) in [7, 11) is 1.45. The van der Waals surface area contributed by atoms with Crippen molar-refractivity contribution in [3.05, 3.63) is 46.3 Å². The van der Waals surface area contributed by atoms with Crippen LogP contribution >= 0.6 is 11.6 Å². The van der Waals surface area contributed by atoms with Crippen LogP contribution < -0.4 is 9.47 Å². The fraction of sp³-hybridized carbons (Fsp3) is 0.391. The molecule has 0 aliphatic carbocycles. The van der Waals surface area contributed by atoms with Crippen molar-refractivity contribution >= 4 is 22.8 Å². The third-order valence-electron chi connectivity index (χ3n) is 6.11. The van der Waals surface area contributed by atoms with Crippen molar-refractivity contribution in [3.63, 3.8) is 0 Å². The number of fused-ring (bicyclic) bond motifs is 2. The topological polar surface area (TPSA) is 147 Å². The zero-order chi connectivity index (χ0) is 26.4. The first kappa shape index (κ1) is 24.9. The number of nitrogens with zero attached hydrogens (tertiary/aromatic N) is 4. The summed E-state index contributed by atoms with van der Waals surface area (Å²) in [6, 6.07) is 3.79. The Hall–Kier alpha value is -3.43. The number of aromatic amines is 1. The molecule has 12 nitrogen and oxygen atoms in total. The van der Waals surface area contributed by atoms with Crippen molar-refractivity contribution in [2.75, 3.05) is 20.3 Å². The fourth-order valence-corrected chi connectivity index (χ4v) is 4.50. The Morgan fingerprint density at radius 3 is 2.66 bits per heavy atom. The van der Waals surface area contributed by atoms with E-state index in [2.05, 4.69) is 25.1 Å². The summed E-state index contributed by atoms with van der Waals surface area (Å²) in [5.41, 5.74) is 0.415. The molecule has 0 radical (unpaired) electrons. The summed E-state index contributed by atoms with van der Waals surface area (Å²) in [4.78, 5) is 15.5. The number of pyridine rings is 1. The van der Waals surface area contributed by atoms with Gasteiger partial charge in [0.1, 0.15) is 48.2 Å². The molecule has 2 saturated heterocycles. The summed E-state index contributed by atoms with van der Waals surface area (Å²) in [5.74, 6) is -1.63. The van der Waals surface area contributed by atoms with Crippen molar-refractivity contribution in [3.8, 4) is 23.3 Å². The van der Waals surface area contributed by atoms with Gasteiger partial charge in [-0.3, -0.25) is 0 Å². The predicted molar refractivity (Wildman–Crippen MR) is 123 cm³/mol. The smallest absolute Gasteiger partial charge is 0.296 e. The average molecular weight is 552 g/mol. The molecule has 3 aromatic heterocycles. The first-order chi connectivity index (χ1) is 18.4. The number of rotatable bonds is 8. The normalized spacial score (nSPS) is 22.8. The van der Waals surface area contributed by atoms with E-state index >= 15 is 0 Å². The lowest BCUT2D eigenvalue weighted by Gasteiger charge is -2.15. The summed E-state index contributed by atoms with van der Waals surface area (Å²) in [5, 5.41) is 13.7. The molecule has 15 heteroatoms. The monoisotopic (exact) mass is 551 g/mol. The molecule has 2 aliphatic heterocycles. The third kappa shape index (κ3) is 4.65. The van der Waals surface area contributed by atoms with Crippen LogP contribution in [0.2, 0.25) is 5.02 Å². The number of aromatic nitrogens is 5. The first-order valence-corrected chi connectivity index (χ1v) is 11.8. The maximum atomic E-state index is 14.8. The van der Waals surface area contributed by atoms with Crippen LogP contribution in [0.1, 0.15) is 11.5 Å². The Kier molecular flexibility index (Phi) is 6.57. The lowest BCUT2D eigenvalue weighted by molar-refractivity contribution is 0.00706. The number of nitrogens with one attached hydrogen (secondary N) is 1. The summed E-state index contributed by atoms with van der Waals surface area (Å²) < 4.78 is 61.9. The Balaban J connectivity index is 1.16. The van der Waals surface area contributed by atoms with Gasteiger partial charge in [0.25, 0.3) is 11.9 Å². The molecule has 0 amide bonds. The summed E-state index contributed by atoms with van der Waals surface area (Å²) in [6.45, 7) is -0.0279. The minimum atomic E-state index is -0.873. The number of hydrogen-bond donors (Lipinski definition) is 2. The van der Waals surface area contributed by atoms with E-state index in [1.54, 1.807) is 0 Å². The summed E-state index contributed by atoms with van der Waals surface area (Å²) in [6.07, 6.45) is -2.05. The van der Waals surface area contributed by atoms with Gasteiger partial charge in [-0.05, 0) is 18.2 Å². The lowest BCUT2D eigenvalue weighted by atomic mass is 10.1. The van der Waals surface area contributed by atoms with Gasteiger partial charge < -0.3 is 38.3 Å². The molecule has 2 unspecified atom stereocenters. The Morgan fingerprint density at radius 1 is 1.08 bits per heavy atom. The molecule has 6 rings (SSSR count). The molecule has 0 saturated carbocycles. The SMILES string of the molecule is COCc1nc(-c2cc(F)c(COc3nc4nc(O[C@@H]5COC6C5OC[C@H]6O)[nH]c4cc3Cl)c(F)c2)no1. The van der Waals surface area contributed by atoms with E-state index in [0.29, 0.717) is 5.52 Å². The Morgan fingerprint density at radius 2 is 1.87 bits per heavy atom. The van der Waals surface area contributed by atoms with Crippen molar-refractivity contribution < 1.29 is 42.1 Å². The highest BCUT2D eigenvalue weighted by atomic mass is 35.5. The number of hydrogen-bond acceptors (Lipinski definition) is 11. The van der Waals surface area contributed by atoms with E-state index in [-0.39, 0.29) is 65.2 Å². The number of benzene rings is 1. The van der Waals surface area contributed by atoms with Crippen LogP contribution in [0.5, 0.6) is 11.9 Å². The second kappa shape index (κ2) is 10.0. The maximum absolute atomic E-state index is 14.8. The number of imidazole rings is 1. The molecule has 38 heavy (non-hydrogen) atoms. The Bertz CT molecular complexity index is 1460.